The van der Waals surface area contributed by atoms with Crippen molar-refractivity contribution in [2.45, 2.75) is 58.3 Å². The Bertz CT molecular complexity index is 1810. The highest BCUT2D eigenvalue weighted by Gasteiger charge is 2.24. The van der Waals surface area contributed by atoms with E-state index in [1.165, 1.54) is 11.3 Å². The van der Waals surface area contributed by atoms with Crippen LogP contribution in [0, 0.1) is 6.92 Å². The predicted molar refractivity (Wildman–Crippen MR) is 192 cm³/mol. The van der Waals surface area contributed by atoms with E-state index in [0.717, 1.165) is 38.5 Å². The number of hydrogen-bond donors (Lipinski definition) is 3. The van der Waals surface area contributed by atoms with Crippen LogP contribution in [-0.2, 0) is 19.5 Å². The zero-order valence-corrected chi connectivity index (χ0v) is 28.7. The number of aliphatic hydroxyl groups excluding tert-OH is 1. The number of thiazole rings is 1. The number of amides is 2. The van der Waals surface area contributed by atoms with Crippen LogP contribution in [0.4, 0.5) is 0 Å². The molecule has 0 unspecified atom stereocenters. The van der Waals surface area contributed by atoms with Crippen LogP contribution in [0.2, 0.25) is 0 Å². The minimum absolute atomic E-state index is 0.212. The molecule has 5 aromatic rings. The molecule has 0 aliphatic carbocycles. The lowest BCUT2D eigenvalue weighted by Gasteiger charge is -2.25. The normalized spacial score (nSPS) is 12.5. The fourth-order valence-corrected chi connectivity index (χ4v) is 6.30. The average molecular weight is 662 g/mol. The largest absolute Gasteiger partial charge is 0.390 e. The van der Waals surface area contributed by atoms with Gasteiger partial charge >= 0.3 is 0 Å². The van der Waals surface area contributed by atoms with Crippen molar-refractivity contribution in [2.24, 2.45) is 0 Å². The standard InChI is InChI=1S/C39H43N5O3S/c1-26(2)34-15-29(20-40-22-34)21-41-23-36(45)35(16-28-11-7-5-8-12-28)43-38(46)32-17-31(30-13-9-6-10-14-30)18-33(19-32)39(47)44(4)24-37-42-27(3)25-48-37/h5-15,17-20,22,25-26,35-36,41,45H,16,21,23-24H2,1-4H3,(H,43,46)/t35-,36+/m0/s1. The summed E-state index contributed by atoms with van der Waals surface area (Å²) >= 11 is 1.51. The van der Waals surface area contributed by atoms with Crippen LogP contribution in [0.25, 0.3) is 11.1 Å². The number of nitrogens with one attached hydrogen (secondary N) is 2. The first-order valence-corrected chi connectivity index (χ1v) is 17.1. The number of hydrogen-bond acceptors (Lipinski definition) is 7. The van der Waals surface area contributed by atoms with E-state index < -0.39 is 12.1 Å². The van der Waals surface area contributed by atoms with Crippen molar-refractivity contribution in [3.8, 4) is 11.1 Å². The molecule has 8 nitrogen and oxygen atoms in total. The van der Waals surface area contributed by atoms with E-state index in [-0.39, 0.29) is 18.4 Å². The Morgan fingerprint density at radius 1 is 0.896 bits per heavy atom. The Balaban J connectivity index is 1.37. The quantitative estimate of drug-likeness (QED) is 0.127. The first-order valence-electron chi connectivity index (χ1n) is 16.2. The van der Waals surface area contributed by atoms with Crippen LogP contribution >= 0.6 is 11.3 Å². The lowest BCUT2D eigenvalue weighted by molar-refractivity contribution is 0.0784. The predicted octanol–water partition coefficient (Wildman–Crippen LogP) is 6.40. The second-order valence-electron chi connectivity index (χ2n) is 12.5. The summed E-state index contributed by atoms with van der Waals surface area (Å²) in [5.74, 6) is -0.211. The van der Waals surface area contributed by atoms with Gasteiger partial charge in [-0.15, -0.1) is 11.3 Å². The monoisotopic (exact) mass is 661 g/mol. The van der Waals surface area contributed by atoms with Gasteiger partial charge in [0.2, 0.25) is 0 Å². The van der Waals surface area contributed by atoms with Crippen molar-refractivity contribution < 1.29 is 14.7 Å². The second-order valence-corrected chi connectivity index (χ2v) is 13.4. The van der Waals surface area contributed by atoms with E-state index >= 15 is 0 Å². The van der Waals surface area contributed by atoms with Gasteiger partial charge < -0.3 is 20.6 Å². The summed E-state index contributed by atoms with van der Waals surface area (Å²) in [6.07, 6.45) is 3.24. The van der Waals surface area contributed by atoms with E-state index in [9.17, 15) is 14.7 Å². The second kappa shape index (κ2) is 16.4. The summed E-state index contributed by atoms with van der Waals surface area (Å²) in [6.45, 7) is 7.35. The van der Waals surface area contributed by atoms with E-state index in [1.54, 1.807) is 24.1 Å². The van der Waals surface area contributed by atoms with Crippen molar-refractivity contribution in [1.29, 1.82) is 0 Å². The molecule has 2 aromatic heterocycles. The van der Waals surface area contributed by atoms with Gasteiger partial charge in [0.15, 0.2) is 0 Å². The number of rotatable bonds is 14. The molecule has 0 saturated heterocycles. The van der Waals surface area contributed by atoms with Gasteiger partial charge in [-0.1, -0.05) is 80.6 Å². The number of aliphatic hydroxyl groups is 1. The van der Waals surface area contributed by atoms with Gasteiger partial charge in [0.1, 0.15) is 5.01 Å². The number of nitrogens with zero attached hydrogens (tertiary/aromatic N) is 3. The Hall–Kier alpha value is -4.70. The molecule has 2 amide bonds. The third-order valence-corrected chi connectivity index (χ3v) is 9.13. The van der Waals surface area contributed by atoms with E-state index in [4.69, 9.17) is 0 Å². The highest BCUT2D eigenvalue weighted by Crippen LogP contribution is 2.24. The first-order chi connectivity index (χ1) is 23.2. The number of carbonyl (C=O) groups is 2. The van der Waals surface area contributed by atoms with Gasteiger partial charge in [0.05, 0.1) is 18.7 Å². The maximum Gasteiger partial charge on any atom is 0.254 e. The SMILES string of the molecule is Cc1csc(CN(C)C(=O)c2cc(C(=O)N[C@@H](Cc3ccccc3)[C@H](O)CNCc3cncc(C(C)C)c3)cc(-c3ccccc3)c2)n1. The highest BCUT2D eigenvalue weighted by molar-refractivity contribution is 7.09. The Morgan fingerprint density at radius 2 is 1.60 bits per heavy atom. The maximum atomic E-state index is 14.0. The smallest absolute Gasteiger partial charge is 0.254 e. The minimum Gasteiger partial charge on any atom is -0.390 e. The molecule has 0 saturated carbocycles. The fraction of sp³-hybridized carbons (Fsp3) is 0.282. The summed E-state index contributed by atoms with van der Waals surface area (Å²) in [5.41, 5.74) is 6.48. The topological polar surface area (TPSA) is 107 Å². The number of aromatic nitrogens is 2. The molecule has 248 valence electrons. The molecule has 0 fully saturated rings. The fourth-order valence-electron chi connectivity index (χ4n) is 5.48. The molecule has 48 heavy (non-hydrogen) atoms. The van der Waals surface area contributed by atoms with Gasteiger partial charge in [0, 0.05) is 54.7 Å². The summed E-state index contributed by atoms with van der Waals surface area (Å²) in [7, 11) is 1.74. The highest BCUT2D eigenvalue weighted by atomic mass is 32.1. The van der Waals surface area contributed by atoms with Crippen molar-refractivity contribution in [1.82, 2.24) is 25.5 Å². The molecule has 5 rings (SSSR count). The number of benzene rings is 3. The van der Waals surface area contributed by atoms with Crippen LogP contribution in [0.15, 0.2) is 103 Å². The van der Waals surface area contributed by atoms with Crippen LogP contribution in [0.1, 0.15) is 67.9 Å². The van der Waals surface area contributed by atoms with E-state index in [1.807, 2.05) is 91.4 Å². The molecule has 2 heterocycles. The molecular weight excluding hydrogens is 619 g/mol. The summed E-state index contributed by atoms with van der Waals surface area (Å²) < 4.78 is 0. The zero-order valence-electron chi connectivity index (χ0n) is 27.9. The van der Waals surface area contributed by atoms with Gasteiger partial charge in [-0.05, 0) is 65.3 Å². The summed E-state index contributed by atoms with van der Waals surface area (Å²) in [6, 6.07) is 26.2. The molecule has 3 aromatic carbocycles. The first kappa shape index (κ1) is 34.6. The van der Waals surface area contributed by atoms with Crippen molar-refractivity contribution >= 4 is 23.2 Å². The van der Waals surface area contributed by atoms with Gasteiger partial charge in [-0.2, -0.15) is 0 Å². The maximum absolute atomic E-state index is 14.0. The Labute approximate surface area is 286 Å². The molecule has 0 radical (unpaired) electrons. The third kappa shape index (κ3) is 9.44. The van der Waals surface area contributed by atoms with Crippen molar-refractivity contribution in [3.63, 3.8) is 0 Å². The molecule has 3 N–H and O–H groups in total. The van der Waals surface area contributed by atoms with E-state index in [2.05, 4.69) is 40.5 Å². The van der Waals surface area contributed by atoms with Crippen LogP contribution < -0.4 is 10.6 Å². The van der Waals surface area contributed by atoms with E-state index in [0.29, 0.717) is 36.6 Å². The van der Waals surface area contributed by atoms with Gasteiger partial charge in [0.25, 0.3) is 11.8 Å². The lowest BCUT2D eigenvalue weighted by Crippen LogP contribution is -2.48. The number of aryl methyl sites for hydroxylation is 1. The molecule has 0 aliphatic rings. The van der Waals surface area contributed by atoms with Gasteiger partial charge in [-0.25, -0.2) is 4.98 Å². The van der Waals surface area contributed by atoms with Gasteiger partial charge in [-0.3, -0.25) is 14.6 Å². The lowest BCUT2D eigenvalue weighted by atomic mass is 9.97. The summed E-state index contributed by atoms with van der Waals surface area (Å²) in [4.78, 5) is 38.2. The number of pyridine rings is 1. The molecule has 0 bridgehead atoms. The molecule has 9 heteroatoms. The summed E-state index contributed by atoms with van der Waals surface area (Å²) in [5, 5.41) is 20.7. The zero-order chi connectivity index (χ0) is 34.0. The van der Waals surface area contributed by atoms with Crippen LogP contribution in [0.5, 0.6) is 0 Å². The van der Waals surface area contributed by atoms with Crippen LogP contribution in [-0.4, -0.2) is 57.5 Å². The molecular formula is C39H43N5O3S. The molecule has 2 atom stereocenters. The van der Waals surface area contributed by atoms with Crippen LogP contribution in [0.3, 0.4) is 0 Å². The third-order valence-electron chi connectivity index (χ3n) is 8.18. The van der Waals surface area contributed by atoms with Crippen molar-refractivity contribution in [2.75, 3.05) is 13.6 Å². The Morgan fingerprint density at radius 3 is 2.29 bits per heavy atom. The Kier molecular flexibility index (Phi) is 11.8. The number of carbonyl (C=O) groups excluding carboxylic acids is 2. The van der Waals surface area contributed by atoms with Crippen molar-refractivity contribution in [3.05, 3.63) is 141 Å². The molecule has 0 spiro atoms. The minimum atomic E-state index is -0.887. The average Bonchev–Trinajstić information content (AvgIpc) is 3.52. The molecule has 0 aliphatic heterocycles.